The summed E-state index contributed by atoms with van der Waals surface area (Å²) in [7, 11) is 3.27. The van der Waals surface area contributed by atoms with Crippen LogP contribution in [0.15, 0.2) is 60.7 Å². The van der Waals surface area contributed by atoms with Crippen LogP contribution in [-0.4, -0.2) is 20.0 Å². The van der Waals surface area contributed by atoms with Gasteiger partial charge in [-0.1, -0.05) is 48.6 Å². The number of rotatable bonds is 8. The lowest BCUT2D eigenvalue weighted by Gasteiger charge is -2.13. The Morgan fingerprint density at radius 1 is 0.963 bits per heavy atom. The first-order chi connectivity index (χ1) is 13.1. The molecule has 0 bridgehead atoms. The van der Waals surface area contributed by atoms with Crippen LogP contribution in [0.25, 0.3) is 0 Å². The molecule has 1 aliphatic rings. The Kier molecular flexibility index (Phi) is 6.12. The number of hydrogen-bond donors (Lipinski definition) is 0. The monoisotopic (exact) mass is 362 g/mol. The molecular weight excluding hydrogens is 336 g/mol. The fraction of sp³-hybridized carbons (Fsp3) is 0.292. The number of ether oxygens (including phenoxy) is 2. The Morgan fingerprint density at radius 3 is 2.26 bits per heavy atom. The van der Waals surface area contributed by atoms with Crippen molar-refractivity contribution in [1.82, 2.24) is 0 Å². The van der Waals surface area contributed by atoms with E-state index >= 15 is 0 Å². The SMILES string of the molecule is COc1cc(CC(=O)CCc2ccc(C3C=CC=C3)cc2)c(OC)cc1C. The largest absolute Gasteiger partial charge is 0.496 e. The second kappa shape index (κ2) is 8.72. The summed E-state index contributed by atoms with van der Waals surface area (Å²) < 4.78 is 10.8. The molecule has 0 unspecified atom stereocenters. The summed E-state index contributed by atoms with van der Waals surface area (Å²) in [4.78, 5) is 12.5. The first-order valence-electron chi connectivity index (χ1n) is 9.27. The molecule has 0 heterocycles. The number of hydrogen-bond acceptors (Lipinski definition) is 3. The van der Waals surface area contributed by atoms with E-state index in [0.717, 1.165) is 29.0 Å². The minimum atomic E-state index is 0.199. The van der Waals surface area contributed by atoms with Gasteiger partial charge in [0.25, 0.3) is 0 Å². The van der Waals surface area contributed by atoms with Crippen molar-refractivity contribution in [2.24, 2.45) is 0 Å². The quantitative estimate of drug-likeness (QED) is 0.665. The van der Waals surface area contributed by atoms with Crippen molar-refractivity contribution in [1.29, 1.82) is 0 Å². The molecule has 0 saturated carbocycles. The van der Waals surface area contributed by atoms with Crippen molar-refractivity contribution in [2.45, 2.75) is 32.1 Å². The highest BCUT2D eigenvalue weighted by Crippen LogP contribution is 2.29. The third-order valence-corrected chi connectivity index (χ3v) is 4.99. The molecule has 0 N–H and O–H groups in total. The maximum absolute atomic E-state index is 12.5. The van der Waals surface area contributed by atoms with Crippen LogP contribution in [0.4, 0.5) is 0 Å². The molecule has 0 fully saturated rings. The zero-order valence-electron chi connectivity index (χ0n) is 16.2. The van der Waals surface area contributed by atoms with Crippen molar-refractivity contribution in [3.8, 4) is 11.5 Å². The van der Waals surface area contributed by atoms with Gasteiger partial charge in [0.05, 0.1) is 14.2 Å². The van der Waals surface area contributed by atoms with Gasteiger partial charge in [0.2, 0.25) is 0 Å². The van der Waals surface area contributed by atoms with Crippen molar-refractivity contribution < 1.29 is 14.3 Å². The number of aryl methyl sites for hydroxylation is 2. The summed E-state index contributed by atoms with van der Waals surface area (Å²) in [6, 6.07) is 12.4. The van der Waals surface area contributed by atoms with Crippen LogP contribution in [0.3, 0.4) is 0 Å². The molecule has 140 valence electrons. The van der Waals surface area contributed by atoms with Gasteiger partial charge in [0.15, 0.2) is 0 Å². The van der Waals surface area contributed by atoms with Gasteiger partial charge in [-0.25, -0.2) is 0 Å². The third-order valence-electron chi connectivity index (χ3n) is 4.99. The standard InChI is InChI=1S/C24H26O3/c1-17-14-24(27-3)21(16-23(17)26-2)15-22(25)13-10-18-8-11-20(12-9-18)19-6-4-5-7-19/h4-9,11-12,14,16,19H,10,13,15H2,1-3H3. The lowest BCUT2D eigenvalue weighted by atomic mass is 9.97. The summed E-state index contributed by atoms with van der Waals surface area (Å²) in [6.07, 6.45) is 10.1. The Bertz CT molecular complexity index is 848. The second-order valence-corrected chi connectivity index (χ2v) is 6.89. The van der Waals surface area contributed by atoms with E-state index in [4.69, 9.17) is 9.47 Å². The second-order valence-electron chi connectivity index (χ2n) is 6.89. The predicted molar refractivity (Wildman–Crippen MR) is 109 cm³/mol. The zero-order valence-corrected chi connectivity index (χ0v) is 16.2. The van der Waals surface area contributed by atoms with Gasteiger partial charge in [-0.05, 0) is 42.2 Å². The molecule has 0 aliphatic heterocycles. The number of allylic oxidation sites excluding steroid dienone is 4. The molecule has 3 nitrogen and oxygen atoms in total. The van der Waals surface area contributed by atoms with Crippen molar-refractivity contribution in [3.05, 3.63) is 83.0 Å². The maximum Gasteiger partial charge on any atom is 0.137 e. The summed E-state index contributed by atoms with van der Waals surface area (Å²) >= 11 is 0. The van der Waals surface area contributed by atoms with E-state index in [-0.39, 0.29) is 5.78 Å². The normalized spacial score (nSPS) is 13.1. The molecule has 1 aliphatic carbocycles. The van der Waals surface area contributed by atoms with E-state index in [9.17, 15) is 4.79 Å². The van der Waals surface area contributed by atoms with E-state index in [1.54, 1.807) is 14.2 Å². The van der Waals surface area contributed by atoms with Gasteiger partial charge < -0.3 is 9.47 Å². The van der Waals surface area contributed by atoms with Gasteiger partial charge in [0, 0.05) is 24.3 Å². The molecule has 3 heteroatoms. The van der Waals surface area contributed by atoms with Gasteiger partial charge in [0.1, 0.15) is 17.3 Å². The van der Waals surface area contributed by atoms with Gasteiger partial charge in [-0.15, -0.1) is 0 Å². The summed E-state index contributed by atoms with van der Waals surface area (Å²) in [5.41, 5.74) is 4.34. The number of carbonyl (C=O) groups is 1. The average molecular weight is 362 g/mol. The number of benzene rings is 2. The zero-order chi connectivity index (χ0) is 19.2. The first-order valence-corrected chi connectivity index (χ1v) is 9.27. The first kappa shape index (κ1) is 19.0. The van der Waals surface area contributed by atoms with Crippen molar-refractivity contribution >= 4 is 5.78 Å². The molecule has 0 spiro atoms. The van der Waals surface area contributed by atoms with Gasteiger partial charge in [-0.3, -0.25) is 4.79 Å². The molecule has 27 heavy (non-hydrogen) atoms. The Balaban J connectivity index is 1.60. The van der Waals surface area contributed by atoms with Crippen LogP contribution >= 0.6 is 0 Å². The molecule has 0 amide bonds. The Labute approximate surface area is 161 Å². The highest BCUT2D eigenvalue weighted by atomic mass is 16.5. The fourth-order valence-electron chi connectivity index (χ4n) is 3.40. The molecule has 0 radical (unpaired) electrons. The van der Waals surface area contributed by atoms with Crippen LogP contribution in [0, 0.1) is 6.92 Å². The smallest absolute Gasteiger partial charge is 0.137 e. The van der Waals surface area contributed by atoms with Crippen LogP contribution < -0.4 is 9.47 Å². The molecular formula is C24H26O3. The third kappa shape index (κ3) is 4.68. The molecule has 0 saturated heterocycles. The lowest BCUT2D eigenvalue weighted by Crippen LogP contribution is -2.06. The van der Waals surface area contributed by atoms with Crippen molar-refractivity contribution in [3.63, 3.8) is 0 Å². The molecule has 0 aromatic heterocycles. The maximum atomic E-state index is 12.5. The summed E-state index contributed by atoms with van der Waals surface area (Å²) in [6.45, 7) is 1.97. The topological polar surface area (TPSA) is 35.5 Å². The number of methoxy groups -OCH3 is 2. The van der Waals surface area contributed by atoms with E-state index in [2.05, 4.69) is 48.6 Å². The lowest BCUT2D eigenvalue weighted by molar-refractivity contribution is -0.118. The van der Waals surface area contributed by atoms with E-state index in [0.29, 0.717) is 18.8 Å². The molecule has 2 aromatic rings. The Morgan fingerprint density at radius 2 is 1.63 bits per heavy atom. The number of Topliss-reactive ketones (excluding diaryl/α,β-unsaturated/α-hetero) is 1. The van der Waals surface area contributed by atoms with Crippen LogP contribution in [0.5, 0.6) is 11.5 Å². The summed E-state index contributed by atoms with van der Waals surface area (Å²) in [5.74, 6) is 2.10. The minimum Gasteiger partial charge on any atom is -0.496 e. The van der Waals surface area contributed by atoms with Crippen LogP contribution in [-0.2, 0) is 17.6 Å². The van der Waals surface area contributed by atoms with Gasteiger partial charge >= 0.3 is 0 Å². The Hall–Kier alpha value is -2.81. The summed E-state index contributed by atoms with van der Waals surface area (Å²) in [5, 5.41) is 0. The number of ketones is 1. The molecule has 3 rings (SSSR count). The highest BCUT2D eigenvalue weighted by Gasteiger charge is 2.13. The minimum absolute atomic E-state index is 0.199. The molecule has 0 atom stereocenters. The van der Waals surface area contributed by atoms with Gasteiger partial charge in [-0.2, -0.15) is 0 Å². The van der Waals surface area contributed by atoms with E-state index in [1.807, 2.05) is 19.1 Å². The van der Waals surface area contributed by atoms with E-state index in [1.165, 1.54) is 11.1 Å². The fourth-order valence-corrected chi connectivity index (χ4v) is 3.40. The predicted octanol–water partition coefficient (Wildman–Crippen LogP) is 4.97. The highest BCUT2D eigenvalue weighted by molar-refractivity contribution is 5.82. The number of carbonyl (C=O) groups excluding carboxylic acids is 1. The van der Waals surface area contributed by atoms with Crippen molar-refractivity contribution in [2.75, 3.05) is 14.2 Å². The van der Waals surface area contributed by atoms with Crippen LogP contribution in [0.2, 0.25) is 0 Å². The molecule has 2 aromatic carbocycles. The van der Waals surface area contributed by atoms with Crippen LogP contribution in [0.1, 0.15) is 34.6 Å². The van der Waals surface area contributed by atoms with E-state index < -0.39 is 0 Å². The average Bonchev–Trinajstić information content (AvgIpc) is 3.22.